The van der Waals surface area contributed by atoms with Gasteiger partial charge in [0, 0.05) is 6.07 Å². The maximum atomic E-state index is 12.1. The van der Waals surface area contributed by atoms with Gasteiger partial charge in [0.05, 0.1) is 5.69 Å². The fourth-order valence-corrected chi connectivity index (χ4v) is 3.93. The molecule has 0 N–H and O–H groups in total. The van der Waals surface area contributed by atoms with E-state index >= 15 is 0 Å². The van der Waals surface area contributed by atoms with E-state index < -0.39 is 0 Å². The van der Waals surface area contributed by atoms with Crippen molar-refractivity contribution < 1.29 is 4.74 Å². The third kappa shape index (κ3) is 3.73. The molecule has 120 valence electrons. The number of thioether (sulfide) groups is 1. The summed E-state index contributed by atoms with van der Waals surface area (Å²) in [5, 5.41) is 4.26. The molecule has 7 heteroatoms. The number of rotatable bonds is 6. The van der Waals surface area contributed by atoms with Gasteiger partial charge in [-0.1, -0.05) is 49.1 Å². The van der Waals surface area contributed by atoms with Crippen molar-refractivity contribution >= 4 is 28.1 Å². The Hall–Kier alpha value is -1.86. The minimum atomic E-state index is -0.172. The Morgan fingerprint density at radius 1 is 1.26 bits per heavy atom. The molecule has 1 aromatic carbocycles. The summed E-state index contributed by atoms with van der Waals surface area (Å²) in [5.41, 5.74) is 1.71. The maximum Gasteiger partial charge on any atom is 0.275 e. The molecule has 23 heavy (non-hydrogen) atoms. The lowest BCUT2D eigenvalue weighted by Gasteiger charge is -2.06. The summed E-state index contributed by atoms with van der Waals surface area (Å²) in [6.07, 6.45) is 0.999. The summed E-state index contributed by atoms with van der Waals surface area (Å²) in [5.74, 6) is 1.69. The topological polar surface area (TPSA) is 56.5 Å². The molecule has 0 atom stereocenters. The van der Waals surface area contributed by atoms with Crippen LogP contribution < -0.4 is 10.3 Å². The summed E-state index contributed by atoms with van der Waals surface area (Å²) in [6.45, 7) is 4.43. The first-order valence-corrected chi connectivity index (χ1v) is 9.24. The molecule has 0 saturated carbocycles. The Kier molecular flexibility index (Phi) is 4.97. The number of nitrogens with zero attached hydrogens (tertiary/aromatic N) is 3. The Bertz CT molecular complexity index is 856. The number of hydrogen-bond acceptors (Lipinski definition) is 6. The molecule has 2 aromatic heterocycles. The zero-order valence-electron chi connectivity index (χ0n) is 13.0. The molecule has 0 fully saturated rings. The summed E-state index contributed by atoms with van der Waals surface area (Å²) in [7, 11) is 0. The average Bonchev–Trinajstić information content (AvgIpc) is 2.97. The monoisotopic (exact) mass is 347 g/mol. The molecule has 0 aliphatic heterocycles. The van der Waals surface area contributed by atoms with Crippen LogP contribution in [-0.2, 0) is 13.0 Å². The third-order valence-corrected chi connectivity index (χ3v) is 5.19. The van der Waals surface area contributed by atoms with E-state index in [1.165, 1.54) is 27.5 Å². The Balaban J connectivity index is 1.78. The number of aromatic nitrogens is 3. The van der Waals surface area contributed by atoms with Crippen molar-refractivity contribution in [3.63, 3.8) is 0 Å². The third-order valence-electron chi connectivity index (χ3n) is 3.27. The van der Waals surface area contributed by atoms with E-state index in [4.69, 9.17) is 4.74 Å². The van der Waals surface area contributed by atoms with Crippen molar-refractivity contribution in [2.24, 2.45) is 0 Å². The first-order chi connectivity index (χ1) is 11.2. The second kappa shape index (κ2) is 7.14. The number of ether oxygens (including phenoxy) is 1. The van der Waals surface area contributed by atoms with Gasteiger partial charge in [-0.3, -0.25) is 4.79 Å². The largest absolute Gasteiger partial charge is 0.487 e. The van der Waals surface area contributed by atoms with Gasteiger partial charge in [-0.25, -0.2) is 4.98 Å². The minimum Gasteiger partial charge on any atom is -0.487 e. The van der Waals surface area contributed by atoms with E-state index in [1.807, 2.05) is 24.3 Å². The van der Waals surface area contributed by atoms with Crippen molar-refractivity contribution in [3.05, 3.63) is 51.9 Å². The Morgan fingerprint density at radius 3 is 2.74 bits per heavy atom. The smallest absolute Gasteiger partial charge is 0.275 e. The molecule has 0 amide bonds. The number of benzene rings is 1. The highest BCUT2D eigenvalue weighted by molar-refractivity contribution is 8.01. The van der Waals surface area contributed by atoms with E-state index in [0.29, 0.717) is 10.7 Å². The summed E-state index contributed by atoms with van der Waals surface area (Å²) >= 11 is 3.03. The van der Waals surface area contributed by atoms with Gasteiger partial charge in [0.1, 0.15) is 12.4 Å². The van der Waals surface area contributed by atoms with Crippen LogP contribution in [0, 0.1) is 0 Å². The predicted octanol–water partition coefficient (Wildman–Crippen LogP) is 3.40. The Labute approximate surface area is 142 Å². The standard InChI is InChI=1S/C16H17N3O2S2/c1-3-11-5-7-13(8-6-11)21-10-12-9-14(20)19-15(17-12)23-16(18-19)22-4-2/h5-9H,3-4,10H2,1-2H3. The average molecular weight is 347 g/mol. The molecule has 2 heterocycles. The lowest BCUT2D eigenvalue weighted by Crippen LogP contribution is -2.16. The molecule has 0 radical (unpaired) electrons. The van der Waals surface area contributed by atoms with Gasteiger partial charge in [0.15, 0.2) is 4.34 Å². The first-order valence-electron chi connectivity index (χ1n) is 7.44. The SMILES string of the molecule is CCSc1nn2c(=O)cc(COc3ccc(CC)cc3)nc2s1. The van der Waals surface area contributed by atoms with Crippen LogP contribution in [0.25, 0.3) is 4.96 Å². The first kappa shape index (κ1) is 16.0. The van der Waals surface area contributed by atoms with Crippen molar-refractivity contribution in [1.29, 1.82) is 0 Å². The lowest BCUT2D eigenvalue weighted by atomic mass is 10.2. The second-order valence-corrected chi connectivity index (χ2v) is 7.33. The number of fused-ring (bicyclic) bond motifs is 1. The van der Waals surface area contributed by atoms with E-state index in [-0.39, 0.29) is 12.2 Å². The van der Waals surface area contributed by atoms with Crippen molar-refractivity contribution in [3.8, 4) is 5.75 Å². The molecular weight excluding hydrogens is 330 g/mol. The second-order valence-electron chi connectivity index (χ2n) is 4.87. The van der Waals surface area contributed by atoms with E-state index in [1.54, 1.807) is 11.8 Å². The molecule has 0 spiro atoms. The minimum absolute atomic E-state index is 0.172. The highest BCUT2D eigenvalue weighted by Gasteiger charge is 2.09. The highest BCUT2D eigenvalue weighted by atomic mass is 32.2. The number of hydrogen-bond donors (Lipinski definition) is 0. The molecular formula is C16H17N3O2S2. The van der Waals surface area contributed by atoms with Crippen LogP contribution in [0.2, 0.25) is 0 Å². The van der Waals surface area contributed by atoms with Gasteiger partial charge in [0.2, 0.25) is 4.96 Å². The van der Waals surface area contributed by atoms with Gasteiger partial charge in [-0.05, 0) is 29.9 Å². The van der Waals surface area contributed by atoms with Gasteiger partial charge in [-0.15, -0.1) is 5.10 Å². The molecule has 5 nitrogen and oxygen atoms in total. The number of aryl methyl sites for hydroxylation is 1. The summed E-state index contributed by atoms with van der Waals surface area (Å²) in [4.78, 5) is 17.2. The lowest BCUT2D eigenvalue weighted by molar-refractivity contribution is 0.301. The van der Waals surface area contributed by atoms with Gasteiger partial charge in [-0.2, -0.15) is 4.52 Å². The molecule has 0 aliphatic rings. The van der Waals surface area contributed by atoms with Crippen molar-refractivity contribution in [2.45, 2.75) is 31.2 Å². The van der Waals surface area contributed by atoms with Crippen molar-refractivity contribution in [1.82, 2.24) is 14.6 Å². The zero-order chi connectivity index (χ0) is 16.2. The zero-order valence-corrected chi connectivity index (χ0v) is 14.6. The van der Waals surface area contributed by atoms with E-state index in [0.717, 1.165) is 22.3 Å². The van der Waals surface area contributed by atoms with E-state index in [2.05, 4.69) is 23.9 Å². The van der Waals surface area contributed by atoms with Crippen LogP contribution in [0.1, 0.15) is 25.1 Å². The normalized spacial score (nSPS) is 11.0. The van der Waals surface area contributed by atoms with E-state index in [9.17, 15) is 4.79 Å². The van der Waals surface area contributed by atoms with Gasteiger partial charge in [0.25, 0.3) is 5.56 Å². The molecule has 0 bridgehead atoms. The predicted molar refractivity (Wildman–Crippen MR) is 93.7 cm³/mol. The van der Waals surface area contributed by atoms with Crippen LogP contribution in [-0.4, -0.2) is 20.4 Å². The van der Waals surface area contributed by atoms with Gasteiger partial charge < -0.3 is 4.74 Å². The summed E-state index contributed by atoms with van der Waals surface area (Å²) in [6, 6.07) is 9.43. The quantitative estimate of drug-likeness (QED) is 0.640. The summed E-state index contributed by atoms with van der Waals surface area (Å²) < 4.78 is 7.92. The van der Waals surface area contributed by atoms with Crippen LogP contribution in [0.5, 0.6) is 5.75 Å². The maximum absolute atomic E-state index is 12.1. The molecule has 0 unspecified atom stereocenters. The van der Waals surface area contributed by atoms with Gasteiger partial charge >= 0.3 is 0 Å². The van der Waals surface area contributed by atoms with Crippen LogP contribution in [0.15, 0.2) is 39.5 Å². The fraction of sp³-hybridized carbons (Fsp3) is 0.312. The Morgan fingerprint density at radius 2 is 2.04 bits per heavy atom. The van der Waals surface area contributed by atoms with Crippen molar-refractivity contribution in [2.75, 3.05) is 5.75 Å². The fourth-order valence-electron chi connectivity index (χ4n) is 2.07. The molecule has 3 aromatic rings. The van der Waals surface area contributed by atoms with Crippen LogP contribution >= 0.6 is 23.1 Å². The highest BCUT2D eigenvalue weighted by Crippen LogP contribution is 2.23. The van der Waals surface area contributed by atoms with Crippen LogP contribution in [0.4, 0.5) is 0 Å². The molecule has 0 saturated heterocycles. The molecule has 3 rings (SSSR count). The van der Waals surface area contributed by atoms with Crippen LogP contribution in [0.3, 0.4) is 0 Å². The molecule has 0 aliphatic carbocycles.